The molecule has 1 amide bonds. The Labute approximate surface area is 103 Å². The van der Waals surface area contributed by atoms with Crippen LogP contribution in [0.2, 0.25) is 0 Å². The van der Waals surface area contributed by atoms with Crippen LogP contribution in [0.5, 0.6) is 5.75 Å². The lowest BCUT2D eigenvalue weighted by Crippen LogP contribution is -2.28. The molecule has 1 aliphatic heterocycles. The van der Waals surface area contributed by atoms with Gasteiger partial charge in [-0.2, -0.15) is 0 Å². The third kappa shape index (κ3) is 1.94. The van der Waals surface area contributed by atoms with Crippen LogP contribution >= 0.6 is 15.9 Å². The average Bonchev–Trinajstić information content (AvgIpc) is 2.62. The van der Waals surface area contributed by atoms with Gasteiger partial charge in [-0.3, -0.25) is 4.79 Å². The minimum absolute atomic E-state index is 0.142. The van der Waals surface area contributed by atoms with Crippen molar-refractivity contribution in [1.82, 2.24) is 0 Å². The number of halogens is 1. The molecule has 0 saturated heterocycles. The lowest BCUT2D eigenvalue weighted by atomic mass is 10.1. The van der Waals surface area contributed by atoms with Gasteiger partial charge in [0.2, 0.25) is 5.91 Å². The first-order valence-electron chi connectivity index (χ1n) is 5.45. The Morgan fingerprint density at radius 3 is 3.00 bits per heavy atom. The van der Waals surface area contributed by atoms with Crippen molar-refractivity contribution in [3.63, 3.8) is 0 Å². The van der Waals surface area contributed by atoms with Gasteiger partial charge >= 0.3 is 0 Å². The van der Waals surface area contributed by atoms with Gasteiger partial charge in [0, 0.05) is 19.0 Å². The molecule has 0 radical (unpaired) electrons. The zero-order valence-electron chi connectivity index (χ0n) is 9.16. The van der Waals surface area contributed by atoms with Gasteiger partial charge in [-0.05, 0) is 40.4 Å². The van der Waals surface area contributed by atoms with Gasteiger partial charge < -0.3 is 10.0 Å². The minimum atomic E-state index is 0.142. The molecule has 3 nitrogen and oxygen atoms in total. The number of carbonyl (C=O) groups excluding carboxylic acids is 1. The summed E-state index contributed by atoms with van der Waals surface area (Å²) in [5.41, 5.74) is 1.98. The van der Waals surface area contributed by atoms with Crippen molar-refractivity contribution < 1.29 is 9.90 Å². The summed E-state index contributed by atoms with van der Waals surface area (Å²) < 4.78 is 0.691. The first kappa shape index (κ1) is 11.5. The van der Waals surface area contributed by atoms with E-state index in [0.717, 1.165) is 30.6 Å². The van der Waals surface area contributed by atoms with E-state index in [1.54, 1.807) is 11.0 Å². The van der Waals surface area contributed by atoms with Crippen LogP contribution in [0.15, 0.2) is 16.6 Å². The van der Waals surface area contributed by atoms with Crippen LogP contribution in [-0.4, -0.2) is 17.6 Å². The number of fused-ring (bicyclic) bond motifs is 1. The molecule has 0 spiro atoms. The Bertz CT molecular complexity index is 431. The molecule has 0 saturated carbocycles. The highest BCUT2D eigenvalue weighted by Crippen LogP contribution is 2.36. The fraction of sp³-hybridized carbons (Fsp3) is 0.417. The van der Waals surface area contributed by atoms with Crippen molar-refractivity contribution in [2.24, 2.45) is 0 Å². The molecule has 0 fully saturated rings. The highest BCUT2D eigenvalue weighted by Gasteiger charge is 2.25. The van der Waals surface area contributed by atoms with E-state index >= 15 is 0 Å². The van der Waals surface area contributed by atoms with Crippen molar-refractivity contribution in [1.29, 1.82) is 0 Å². The summed E-state index contributed by atoms with van der Waals surface area (Å²) >= 11 is 3.28. The molecular weight excluding hydrogens is 270 g/mol. The van der Waals surface area contributed by atoms with Crippen molar-refractivity contribution in [3.05, 3.63) is 22.2 Å². The first-order valence-corrected chi connectivity index (χ1v) is 6.24. The number of anilines is 1. The Balaban J connectivity index is 2.32. The second-order valence-corrected chi connectivity index (χ2v) is 4.83. The monoisotopic (exact) mass is 283 g/mol. The summed E-state index contributed by atoms with van der Waals surface area (Å²) in [5.74, 6) is 0.331. The summed E-state index contributed by atoms with van der Waals surface area (Å²) in [6.45, 7) is 2.72. The number of hydrogen-bond acceptors (Lipinski definition) is 2. The molecular formula is C12H14BrNO2. The molecule has 1 N–H and O–H groups in total. The van der Waals surface area contributed by atoms with Crippen molar-refractivity contribution in [3.8, 4) is 5.75 Å². The van der Waals surface area contributed by atoms with E-state index in [2.05, 4.69) is 15.9 Å². The molecule has 0 aromatic heterocycles. The number of carbonyl (C=O) groups is 1. The molecule has 0 atom stereocenters. The molecule has 1 aromatic carbocycles. The number of nitrogens with zero attached hydrogens (tertiary/aromatic N) is 1. The lowest BCUT2D eigenvalue weighted by molar-refractivity contribution is -0.118. The molecule has 2 rings (SSSR count). The van der Waals surface area contributed by atoms with Crippen LogP contribution < -0.4 is 4.90 Å². The molecule has 1 heterocycles. The SMILES string of the molecule is CCCC(=O)N1CCc2cc(Br)c(O)cc21. The number of benzene rings is 1. The maximum atomic E-state index is 11.8. The van der Waals surface area contributed by atoms with Gasteiger partial charge in [0.1, 0.15) is 5.75 Å². The predicted molar refractivity (Wildman–Crippen MR) is 66.8 cm³/mol. The highest BCUT2D eigenvalue weighted by atomic mass is 79.9. The lowest BCUT2D eigenvalue weighted by Gasteiger charge is -2.17. The van der Waals surface area contributed by atoms with E-state index in [4.69, 9.17) is 0 Å². The maximum absolute atomic E-state index is 11.8. The van der Waals surface area contributed by atoms with Crippen LogP contribution in [0.4, 0.5) is 5.69 Å². The molecule has 0 unspecified atom stereocenters. The largest absolute Gasteiger partial charge is 0.507 e. The van der Waals surface area contributed by atoms with Gasteiger partial charge in [-0.1, -0.05) is 6.92 Å². The van der Waals surface area contributed by atoms with E-state index in [1.165, 1.54) is 0 Å². The van der Waals surface area contributed by atoms with Crippen molar-refractivity contribution >= 4 is 27.5 Å². The molecule has 1 aliphatic rings. The van der Waals surface area contributed by atoms with Crippen molar-refractivity contribution in [2.45, 2.75) is 26.2 Å². The van der Waals surface area contributed by atoms with Gasteiger partial charge in [0.15, 0.2) is 0 Å². The topological polar surface area (TPSA) is 40.5 Å². The van der Waals surface area contributed by atoms with Gasteiger partial charge in [0.05, 0.1) is 10.2 Å². The Morgan fingerprint density at radius 2 is 2.31 bits per heavy atom. The first-order chi connectivity index (χ1) is 7.63. The number of aromatic hydroxyl groups is 1. The van der Waals surface area contributed by atoms with Crippen LogP contribution in [0.1, 0.15) is 25.3 Å². The normalized spacial score (nSPS) is 14.0. The number of amides is 1. The zero-order chi connectivity index (χ0) is 11.7. The number of rotatable bonds is 2. The minimum Gasteiger partial charge on any atom is -0.507 e. The third-order valence-electron chi connectivity index (χ3n) is 2.81. The maximum Gasteiger partial charge on any atom is 0.226 e. The Morgan fingerprint density at radius 1 is 1.56 bits per heavy atom. The van der Waals surface area contributed by atoms with Crippen LogP contribution in [-0.2, 0) is 11.2 Å². The van der Waals surface area contributed by atoms with Gasteiger partial charge in [-0.25, -0.2) is 0 Å². The summed E-state index contributed by atoms with van der Waals surface area (Å²) in [7, 11) is 0. The number of phenols is 1. The van der Waals surface area contributed by atoms with Crippen LogP contribution in [0.25, 0.3) is 0 Å². The van der Waals surface area contributed by atoms with Crippen LogP contribution in [0, 0.1) is 0 Å². The fourth-order valence-electron chi connectivity index (χ4n) is 2.00. The smallest absolute Gasteiger partial charge is 0.226 e. The molecule has 1 aromatic rings. The average molecular weight is 284 g/mol. The van der Waals surface area contributed by atoms with Crippen molar-refractivity contribution in [2.75, 3.05) is 11.4 Å². The summed E-state index contributed by atoms with van der Waals surface area (Å²) in [4.78, 5) is 13.6. The second-order valence-electron chi connectivity index (χ2n) is 3.98. The van der Waals surface area contributed by atoms with E-state index in [9.17, 15) is 9.90 Å². The zero-order valence-corrected chi connectivity index (χ0v) is 10.7. The quantitative estimate of drug-likeness (QED) is 0.907. The van der Waals surface area contributed by atoms with Gasteiger partial charge in [0.25, 0.3) is 0 Å². The highest BCUT2D eigenvalue weighted by molar-refractivity contribution is 9.10. The molecule has 4 heteroatoms. The van der Waals surface area contributed by atoms with E-state index < -0.39 is 0 Å². The number of hydrogen-bond donors (Lipinski definition) is 1. The second kappa shape index (κ2) is 4.45. The van der Waals surface area contributed by atoms with Crippen LogP contribution in [0.3, 0.4) is 0 Å². The standard InChI is InChI=1S/C12H14BrNO2/c1-2-3-12(16)14-5-4-8-6-9(13)11(15)7-10(8)14/h6-7,15H,2-5H2,1H3. The third-order valence-corrected chi connectivity index (χ3v) is 3.44. The van der Waals surface area contributed by atoms with E-state index in [0.29, 0.717) is 10.9 Å². The van der Waals surface area contributed by atoms with E-state index in [-0.39, 0.29) is 11.7 Å². The molecule has 0 aliphatic carbocycles. The van der Waals surface area contributed by atoms with E-state index in [1.807, 2.05) is 13.0 Å². The Kier molecular flexibility index (Phi) is 3.19. The molecule has 0 bridgehead atoms. The fourth-order valence-corrected chi connectivity index (χ4v) is 2.39. The summed E-state index contributed by atoms with van der Waals surface area (Å²) in [5, 5.41) is 9.63. The molecule has 16 heavy (non-hydrogen) atoms. The summed E-state index contributed by atoms with van der Waals surface area (Å²) in [6, 6.07) is 3.56. The number of phenolic OH excluding ortho intramolecular Hbond substituents is 1. The Hall–Kier alpha value is -1.03. The molecule has 86 valence electrons. The van der Waals surface area contributed by atoms with Gasteiger partial charge in [-0.15, -0.1) is 0 Å². The predicted octanol–water partition coefficient (Wildman–Crippen LogP) is 2.84. The summed E-state index contributed by atoms with van der Waals surface area (Å²) in [6.07, 6.45) is 2.28.